The van der Waals surface area contributed by atoms with Gasteiger partial charge in [0.1, 0.15) is 11.2 Å². The van der Waals surface area contributed by atoms with Crippen molar-refractivity contribution in [1.29, 1.82) is 0 Å². The molecule has 0 bridgehead atoms. The summed E-state index contributed by atoms with van der Waals surface area (Å²) in [6.45, 7) is 1.82. The van der Waals surface area contributed by atoms with Gasteiger partial charge in [0.15, 0.2) is 11.5 Å². The Kier molecular flexibility index (Phi) is 4.00. The van der Waals surface area contributed by atoms with E-state index >= 15 is 0 Å². The predicted octanol–water partition coefficient (Wildman–Crippen LogP) is 2.14. The van der Waals surface area contributed by atoms with Crippen molar-refractivity contribution < 1.29 is 19.1 Å². The van der Waals surface area contributed by atoms with E-state index in [2.05, 4.69) is 10.3 Å². The first kappa shape index (κ1) is 16.4. The SMILES string of the molecule is CC1(C(=O)O)CCCN1C(=O)c1cn(-c2cccc(Cl)c2F)nn1. The third-order valence-corrected chi connectivity index (χ3v) is 4.53. The first-order valence-electron chi connectivity index (χ1n) is 7.26. The van der Waals surface area contributed by atoms with Crippen LogP contribution >= 0.6 is 11.6 Å². The smallest absolute Gasteiger partial charge is 0.329 e. The van der Waals surface area contributed by atoms with E-state index in [-0.39, 0.29) is 16.4 Å². The molecule has 1 aliphatic heterocycles. The molecule has 1 atom stereocenters. The molecule has 0 spiro atoms. The lowest BCUT2D eigenvalue weighted by Crippen LogP contribution is -2.50. The second-order valence-electron chi connectivity index (χ2n) is 5.76. The highest BCUT2D eigenvalue weighted by atomic mass is 35.5. The number of carboxylic acids is 1. The van der Waals surface area contributed by atoms with Gasteiger partial charge in [0.05, 0.1) is 11.2 Å². The summed E-state index contributed by atoms with van der Waals surface area (Å²) in [7, 11) is 0. The third-order valence-electron chi connectivity index (χ3n) is 4.24. The maximum absolute atomic E-state index is 14.0. The van der Waals surface area contributed by atoms with Crippen molar-refractivity contribution in [2.45, 2.75) is 25.3 Å². The number of nitrogens with zero attached hydrogens (tertiary/aromatic N) is 4. The number of rotatable bonds is 3. The van der Waals surface area contributed by atoms with Crippen molar-refractivity contribution in [2.75, 3.05) is 6.54 Å². The lowest BCUT2D eigenvalue weighted by atomic mass is 9.99. The number of carbonyl (C=O) groups excluding carboxylic acids is 1. The number of halogens is 2. The lowest BCUT2D eigenvalue weighted by Gasteiger charge is -2.30. The zero-order chi connectivity index (χ0) is 17.5. The Balaban J connectivity index is 1.92. The number of aromatic nitrogens is 3. The van der Waals surface area contributed by atoms with E-state index < -0.39 is 23.2 Å². The topological polar surface area (TPSA) is 88.3 Å². The molecule has 0 aliphatic carbocycles. The predicted molar refractivity (Wildman–Crippen MR) is 82.6 cm³/mol. The summed E-state index contributed by atoms with van der Waals surface area (Å²) < 4.78 is 15.1. The summed E-state index contributed by atoms with van der Waals surface area (Å²) in [6, 6.07) is 4.39. The molecule has 2 heterocycles. The second kappa shape index (κ2) is 5.86. The summed E-state index contributed by atoms with van der Waals surface area (Å²) >= 11 is 5.73. The van der Waals surface area contributed by atoms with Crippen LogP contribution in [0.4, 0.5) is 4.39 Å². The van der Waals surface area contributed by atoms with Gasteiger partial charge in [0.25, 0.3) is 5.91 Å². The first-order valence-corrected chi connectivity index (χ1v) is 7.64. The van der Waals surface area contributed by atoms with Crippen LogP contribution in [0, 0.1) is 5.82 Å². The Hall–Kier alpha value is -2.48. The highest BCUT2D eigenvalue weighted by molar-refractivity contribution is 6.30. The number of amides is 1. The molecule has 7 nitrogen and oxygen atoms in total. The van der Waals surface area contributed by atoms with Gasteiger partial charge in [-0.3, -0.25) is 4.79 Å². The molecule has 1 aliphatic rings. The lowest BCUT2D eigenvalue weighted by molar-refractivity contribution is -0.147. The van der Waals surface area contributed by atoms with Gasteiger partial charge in [-0.05, 0) is 31.9 Å². The molecule has 24 heavy (non-hydrogen) atoms. The monoisotopic (exact) mass is 352 g/mol. The van der Waals surface area contributed by atoms with Gasteiger partial charge in [-0.15, -0.1) is 5.10 Å². The van der Waals surface area contributed by atoms with Crippen LogP contribution in [0.1, 0.15) is 30.3 Å². The molecule has 3 rings (SSSR count). The van der Waals surface area contributed by atoms with Gasteiger partial charge in [-0.2, -0.15) is 0 Å². The molecule has 1 saturated heterocycles. The van der Waals surface area contributed by atoms with Crippen LogP contribution in [-0.2, 0) is 4.79 Å². The minimum Gasteiger partial charge on any atom is -0.480 e. The maximum atomic E-state index is 14.0. The van der Waals surface area contributed by atoms with Gasteiger partial charge in [-0.25, -0.2) is 13.9 Å². The number of aliphatic carboxylic acids is 1. The van der Waals surface area contributed by atoms with E-state index in [1.54, 1.807) is 6.07 Å². The highest BCUT2D eigenvalue weighted by Gasteiger charge is 2.46. The van der Waals surface area contributed by atoms with Gasteiger partial charge >= 0.3 is 5.97 Å². The average molecular weight is 353 g/mol. The largest absolute Gasteiger partial charge is 0.480 e. The molecular formula is C15H14ClFN4O3. The Morgan fingerprint density at radius 2 is 2.17 bits per heavy atom. The summed E-state index contributed by atoms with van der Waals surface area (Å²) in [4.78, 5) is 25.3. The van der Waals surface area contributed by atoms with Crippen LogP contribution in [0.25, 0.3) is 5.69 Å². The maximum Gasteiger partial charge on any atom is 0.329 e. The van der Waals surface area contributed by atoms with Crippen molar-refractivity contribution >= 4 is 23.5 Å². The van der Waals surface area contributed by atoms with Gasteiger partial charge < -0.3 is 10.0 Å². The Bertz CT molecular complexity index is 825. The van der Waals surface area contributed by atoms with E-state index in [0.29, 0.717) is 19.4 Å². The molecule has 1 aromatic heterocycles. The number of benzene rings is 1. The Labute approximate surface area is 141 Å². The molecular weight excluding hydrogens is 339 g/mol. The van der Waals surface area contributed by atoms with Crippen LogP contribution in [0.2, 0.25) is 5.02 Å². The zero-order valence-corrected chi connectivity index (χ0v) is 13.5. The molecule has 0 radical (unpaired) electrons. The number of hydrogen-bond acceptors (Lipinski definition) is 4. The van der Waals surface area contributed by atoms with E-state index in [0.717, 1.165) is 4.68 Å². The summed E-state index contributed by atoms with van der Waals surface area (Å²) in [6.07, 6.45) is 2.22. The summed E-state index contributed by atoms with van der Waals surface area (Å²) in [5, 5.41) is 16.8. The quantitative estimate of drug-likeness (QED) is 0.914. The van der Waals surface area contributed by atoms with E-state index in [1.807, 2.05) is 0 Å². The van der Waals surface area contributed by atoms with Crippen LogP contribution in [-0.4, -0.2) is 49.0 Å². The molecule has 1 amide bonds. The van der Waals surface area contributed by atoms with E-state index in [9.17, 15) is 19.1 Å². The molecule has 1 aromatic carbocycles. The Morgan fingerprint density at radius 1 is 1.42 bits per heavy atom. The van der Waals surface area contributed by atoms with Gasteiger partial charge in [0.2, 0.25) is 0 Å². The normalized spacial score (nSPS) is 20.4. The van der Waals surface area contributed by atoms with Crippen LogP contribution < -0.4 is 0 Å². The molecule has 2 aromatic rings. The fraction of sp³-hybridized carbons (Fsp3) is 0.333. The molecule has 9 heteroatoms. The summed E-state index contributed by atoms with van der Waals surface area (Å²) in [5.41, 5.74) is -1.28. The van der Waals surface area contributed by atoms with Gasteiger partial charge in [0, 0.05) is 6.54 Å². The van der Waals surface area contributed by atoms with Crippen molar-refractivity contribution in [3.8, 4) is 5.69 Å². The van der Waals surface area contributed by atoms with Crippen LogP contribution in [0.3, 0.4) is 0 Å². The van der Waals surface area contributed by atoms with E-state index in [1.165, 1.54) is 30.2 Å². The number of likely N-dealkylation sites (tertiary alicyclic amines) is 1. The van der Waals surface area contributed by atoms with Crippen LogP contribution in [0.15, 0.2) is 24.4 Å². The first-order chi connectivity index (χ1) is 11.3. The molecule has 1 N–H and O–H groups in total. The third kappa shape index (κ3) is 2.52. The van der Waals surface area contributed by atoms with Crippen molar-refractivity contribution in [3.63, 3.8) is 0 Å². The zero-order valence-electron chi connectivity index (χ0n) is 12.7. The molecule has 0 saturated carbocycles. The average Bonchev–Trinajstić information content (AvgIpc) is 3.17. The van der Waals surface area contributed by atoms with Crippen molar-refractivity contribution in [1.82, 2.24) is 19.9 Å². The fourth-order valence-electron chi connectivity index (χ4n) is 2.80. The number of hydrogen-bond donors (Lipinski definition) is 1. The Morgan fingerprint density at radius 3 is 2.88 bits per heavy atom. The van der Waals surface area contributed by atoms with Crippen LogP contribution in [0.5, 0.6) is 0 Å². The minimum absolute atomic E-state index is 0.0521. The number of carboxylic acid groups (broad SMARTS) is 1. The van der Waals surface area contributed by atoms with E-state index in [4.69, 9.17) is 11.6 Å². The highest BCUT2D eigenvalue weighted by Crippen LogP contribution is 2.30. The van der Waals surface area contributed by atoms with Crippen molar-refractivity contribution in [2.24, 2.45) is 0 Å². The minimum atomic E-state index is -1.28. The standard InChI is InChI=1S/C15H14ClFN4O3/c1-15(14(23)24)6-3-7-20(15)13(22)10-8-21(19-18-10)11-5-2-4-9(16)12(11)17/h2,4-5,8H,3,6-7H2,1H3,(H,23,24). The number of carbonyl (C=O) groups is 2. The second-order valence-corrected chi connectivity index (χ2v) is 6.17. The van der Waals surface area contributed by atoms with Gasteiger partial charge in [-0.1, -0.05) is 22.9 Å². The molecule has 1 fully saturated rings. The molecule has 126 valence electrons. The van der Waals surface area contributed by atoms with Crippen molar-refractivity contribution in [3.05, 3.63) is 40.9 Å². The summed E-state index contributed by atoms with van der Waals surface area (Å²) in [5.74, 6) is -2.30. The molecule has 1 unspecified atom stereocenters. The fourth-order valence-corrected chi connectivity index (χ4v) is 2.97.